The summed E-state index contributed by atoms with van der Waals surface area (Å²) in [6.07, 6.45) is -1.27. The van der Waals surface area contributed by atoms with Gasteiger partial charge in [0.1, 0.15) is 12.1 Å². The van der Waals surface area contributed by atoms with Gasteiger partial charge in [0.2, 0.25) is 0 Å². The second kappa shape index (κ2) is 7.08. The summed E-state index contributed by atoms with van der Waals surface area (Å²) in [5.74, 6) is -2.34. The van der Waals surface area contributed by atoms with Crippen LogP contribution in [-0.2, 0) is 19.1 Å². The van der Waals surface area contributed by atoms with Crippen LogP contribution in [0.4, 0.5) is 9.59 Å². The van der Waals surface area contributed by atoms with E-state index in [4.69, 9.17) is 4.74 Å². The number of imide groups is 2. The fourth-order valence-corrected chi connectivity index (χ4v) is 1.96. The van der Waals surface area contributed by atoms with Crippen molar-refractivity contribution in [2.75, 3.05) is 6.54 Å². The number of esters is 1. The van der Waals surface area contributed by atoms with Crippen LogP contribution >= 0.6 is 0 Å². The Balaban J connectivity index is 2.54. The molecule has 3 N–H and O–H groups in total. The van der Waals surface area contributed by atoms with Gasteiger partial charge in [-0.25, -0.2) is 9.59 Å². The lowest BCUT2D eigenvalue weighted by molar-refractivity contribution is -0.156. The molecular formula is C15H24N4O6. The lowest BCUT2D eigenvalue weighted by Gasteiger charge is -2.21. The highest BCUT2D eigenvalue weighted by molar-refractivity contribution is 6.08. The summed E-state index contributed by atoms with van der Waals surface area (Å²) in [6, 6.07) is -1.44. The number of carbonyl (C=O) groups excluding carboxylic acids is 5. The fourth-order valence-electron chi connectivity index (χ4n) is 1.96. The third-order valence-corrected chi connectivity index (χ3v) is 3.13. The number of nitrogens with one attached hydrogen (secondary N) is 3. The SMILES string of the molecule is C[C@@H](OC(=O)CN1C(=O)NC(C)(C)C1=O)C(=O)NC(=O)NC(C)(C)C. The average molecular weight is 356 g/mol. The van der Waals surface area contributed by atoms with Gasteiger partial charge in [-0.3, -0.25) is 24.6 Å². The van der Waals surface area contributed by atoms with E-state index in [1.807, 2.05) is 5.32 Å². The quantitative estimate of drug-likeness (QED) is 0.475. The largest absolute Gasteiger partial charge is 0.451 e. The highest BCUT2D eigenvalue weighted by Crippen LogP contribution is 2.16. The van der Waals surface area contributed by atoms with Gasteiger partial charge in [-0.1, -0.05) is 0 Å². The third kappa shape index (κ3) is 5.73. The van der Waals surface area contributed by atoms with Gasteiger partial charge in [0, 0.05) is 5.54 Å². The molecule has 1 fully saturated rings. The molecule has 140 valence electrons. The Bertz CT molecular complexity index is 608. The average Bonchev–Trinajstić information content (AvgIpc) is 2.58. The van der Waals surface area contributed by atoms with E-state index in [2.05, 4.69) is 10.6 Å². The smallest absolute Gasteiger partial charge is 0.327 e. The van der Waals surface area contributed by atoms with Gasteiger partial charge in [0.25, 0.3) is 11.8 Å². The third-order valence-electron chi connectivity index (χ3n) is 3.13. The first-order valence-electron chi connectivity index (χ1n) is 7.69. The maximum absolute atomic E-state index is 12.0. The maximum atomic E-state index is 12.0. The van der Waals surface area contributed by atoms with Crippen LogP contribution in [0.25, 0.3) is 0 Å². The van der Waals surface area contributed by atoms with Crippen molar-refractivity contribution in [3.8, 4) is 0 Å². The first kappa shape index (κ1) is 20.4. The highest BCUT2D eigenvalue weighted by atomic mass is 16.5. The molecule has 0 aliphatic carbocycles. The standard InChI is InChI=1S/C15H24N4O6/c1-8(10(21)16-12(23)17-14(2,3)4)25-9(20)7-19-11(22)15(5,6)18-13(19)24/h8H,7H2,1-6H3,(H,18,24)(H2,16,17,21,23)/t8-/m1/s1. The van der Waals surface area contributed by atoms with Crippen molar-refractivity contribution in [1.82, 2.24) is 20.9 Å². The predicted octanol–water partition coefficient (Wildman–Crippen LogP) is -0.127. The molecule has 1 heterocycles. The molecule has 0 saturated carbocycles. The Kier molecular flexibility index (Phi) is 5.77. The molecule has 0 aromatic rings. The summed E-state index contributed by atoms with van der Waals surface area (Å²) in [6.45, 7) is 8.86. The zero-order valence-electron chi connectivity index (χ0n) is 15.2. The van der Waals surface area contributed by atoms with Gasteiger partial charge in [0.15, 0.2) is 6.10 Å². The van der Waals surface area contributed by atoms with Crippen LogP contribution < -0.4 is 16.0 Å². The van der Waals surface area contributed by atoms with E-state index in [-0.39, 0.29) is 0 Å². The number of hydrogen-bond donors (Lipinski definition) is 3. The molecule has 1 aliphatic heterocycles. The molecule has 25 heavy (non-hydrogen) atoms. The van der Waals surface area contributed by atoms with Crippen LogP contribution in [0.5, 0.6) is 0 Å². The van der Waals surface area contributed by atoms with E-state index >= 15 is 0 Å². The highest BCUT2D eigenvalue weighted by Gasteiger charge is 2.45. The van der Waals surface area contributed by atoms with Crippen molar-refractivity contribution in [3.05, 3.63) is 0 Å². The Morgan fingerprint density at radius 1 is 1.24 bits per heavy atom. The summed E-state index contributed by atoms with van der Waals surface area (Å²) in [4.78, 5) is 59.7. The van der Waals surface area contributed by atoms with E-state index in [1.54, 1.807) is 20.8 Å². The van der Waals surface area contributed by atoms with Crippen LogP contribution in [0.15, 0.2) is 0 Å². The van der Waals surface area contributed by atoms with Crippen LogP contribution in [0, 0.1) is 0 Å². The number of hydrogen-bond acceptors (Lipinski definition) is 6. The fraction of sp³-hybridized carbons (Fsp3) is 0.667. The van der Waals surface area contributed by atoms with Crippen molar-refractivity contribution in [3.63, 3.8) is 0 Å². The lowest BCUT2D eigenvalue weighted by Crippen LogP contribution is -2.51. The summed E-state index contributed by atoms with van der Waals surface area (Å²) in [5, 5.41) is 6.98. The summed E-state index contributed by atoms with van der Waals surface area (Å²) >= 11 is 0. The first-order valence-corrected chi connectivity index (χ1v) is 7.69. The van der Waals surface area contributed by atoms with Gasteiger partial charge in [-0.15, -0.1) is 0 Å². The zero-order chi connectivity index (χ0) is 19.6. The summed E-state index contributed by atoms with van der Waals surface area (Å²) in [5.41, 5.74) is -1.65. The van der Waals surface area contributed by atoms with Gasteiger partial charge < -0.3 is 15.4 Å². The molecule has 1 aliphatic rings. The first-order chi connectivity index (χ1) is 11.2. The molecule has 0 radical (unpaired) electrons. The molecule has 0 unspecified atom stereocenters. The van der Waals surface area contributed by atoms with E-state index in [0.29, 0.717) is 4.90 Å². The minimum Gasteiger partial charge on any atom is -0.451 e. The molecule has 0 spiro atoms. The van der Waals surface area contributed by atoms with Crippen LogP contribution in [-0.4, -0.2) is 58.5 Å². The monoisotopic (exact) mass is 356 g/mol. The van der Waals surface area contributed by atoms with Gasteiger partial charge in [0.05, 0.1) is 0 Å². The topological polar surface area (TPSA) is 134 Å². The Morgan fingerprint density at radius 2 is 1.80 bits per heavy atom. The molecule has 10 heteroatoms. The normalized spacial score (nSPS) is 17.6. The van der Waals surface area contributed by atoms with Gasteiger partial charge in [-0.2, -0.15) is 0 Å². The van der Waals surface area contributed by atoms with Crippen molar-refractivity contribution in [2.24, 2.45) is 0 Å². The predicted molar refractivity (Wildman–Crippen MR) is 86.3 cm³/mol. The van der Waals surface area contributed by atoms with Gasteiger partial charge in [-0.05, 0) is 41.5 Å². The number of rotatable bonds is 4. The number of amides is 6. The lowest BCUT2D eigenvalue weighted by atomic mass is 10.1. The summed E-state index contributed by atoms with van der Waals surface area (Å²) in [7, 11) is 0. The molecule has 1 rings (SSSR count). The van der Waals surface area contributed by atoms with Crippen LogP contribution in [0.1, 0.15) is 41.5 Å². The number of carbonyl (C=O) groups is 5. The van der Waals surface area contributed by atoms with Crippen LogP contribution in [0.3, 0.4) is 0 Å². The Hall–Kier alpha value is -2.65. The molecule has 6 amide bonds. The minimum absolute atomic E-state index is 0.541. The molecule has 10 nitrogen and oxygen atoms in total. The summed E-state index contributed by atoms with van der Waals surface area (Å²) < 4.78 is 4.87. The molecule has 0 aromatic carbocycles. The van der Waals surface area contributed by atoms with E-state index in [9.17, 15) is 24.0 Å². The minimum atomic E-state index is -1.27. The van der Waals surface area contributed by atoms with Crippen molar-refractivity contribution in [2.45, 2.75) is 58.7 Å². The Morgan fingerprint density at radius 3 is 2.24 bits per heavy atom. The zero-order valence-corrected chi connectivity index (χ0v) is 15.2. The number of nitrogens with zero attached hydrogens (tertiary/aromatic N) is 1. The second-order valence-corrected chi connectivity index (χ2v) is 7.27. The molecule has 0 bridgehead atoms. The van der Waals surface area contributed by atoms with E-state index in [1.165, 1.54) is 20.8 Å². The van der Waals surface area contributed by atoms with Crippen molar-refractivity contribution >= 4 is 29.8 Å². The maximum Gasteiger partial charge on any atom is 0.327 e. The van der Waals surface area contributed by atoms with Gasteiger partial charge >= 0.3 is 18.0 Å². The molecular weight excluding hydrogens is 332 g/mol. The molecule has 1 saturated heterocycles. The number of urea groups is 2. The number of ether oxygens (including phenoxy) is 1. The van der Waals surface area contributed by atoms with E-state index in [0.717, 1.165) is 0 Å². The Labute approximate surface area is 145 Å². The van der Waals surface area contributed by atoms with E-state index < -0.39 is 53.6 Å². The van der Waals surface area contributed by atoms with Crippen molar-refractivity contribution < 1.29 is 28.7 Å². The van der Waals surface area contributed by atoms with Crippen molar-refractivity contribution in [1.29, 1.82) is 0 Å². The second-order valence-electron chi connectivity index (χ2n) is 7.27. The molecule has 1 atom stereocenters. The van der Waals surface area contributed by atoms with Crippen LogP contribution in [0.2, 0.25) is 0 Å². The molecule has 0 aromatic heterocycles.